The molecule has 0 aliphatic carbocycles. The lowest BCUT2D eigenvalue weighted by Gasteiger charge is -2.26. The Morgan fingerprint density at radius 2 is 1.78 bits per heavy atom. The fraction of sp³-hybridized carbons (Fsp3) is 0.536. The molecule has 2 rings (SSSR count). The number of amides is 1. The summed E-state index contributed by atoms with van der Waals surface area (Å²) in [6.45, 7) is 18.6. The normalized spacial score (nSPS) is 15.2. The number of amidine groups is 1. The number of carbonyl (C=O) groups is 2. The Bertz CT molecular complexity index is 985. The highest BCUT2D eigenvalue weighted by molar-refractivity contribution is 5.80. The number of hydrogen-bond acceptors (Lipinski definition) is 7. The number of carbonyl (C=O) groups excluding carboxylic acids is 2. The van der Waals surface area contributed by atoms with Crippen LogP contribution in [0, 0.1) is 0 Å². The molecule has 0 aromatic heterocycles. The lowest BCUT2D eigenvalue weighted by Crippen LogP contribution is -2.43. The number of benzene rings is 1. The zero-order valence-corrected chi connectivity index (χ0v) is 23.2. The molecule has 1 aromatic rings. The molecule has 1 heterocycles. The number of aliphatic imine (C=N–C) groups is 1. The van der Waals surface area contributed by atoms with E-state index in [1.807, 2.05) is 39.8 Å². The van der Waals surface area contributed by atoms with Gasteiger partial charge in [-0.1, -0.05) is 18.7 Å². The minimum Gasteiger partial charge on any atom is -0.458 e. The van der Waals surface area contributed by atoms with Gasteiger partial charge < -0.3 is 30.3 Å². The van der Waals surface area contributed by atoms with Crippen molar-refractivity contribution in [2.45, 2.75) is 72.4 Å². The van der Waals surface area contributed by atoms with E-state index in [1.165, 1.54) is 0 Å². The molecular weight excluding hydrogens is 470 g/mol. The number of nitrogens with one attached hydrogen (secondary N) is 1. The first-order chi connectivity index (χ1) is 17.4. The van der Waals surface area contributed by atoms with Crippen LogP contribution in [0.15, 0.2) is 53.4 Å². The highest BCUT2D eigenvalue weighted by Gasteiger charge is 2.26. The summed E-state index contributed by atoms with van der Waals surface area (Å²) < 4.78 is 11.1. The van der Waals surface area contributed by atoms with E-state index in [4.69, 9.17) is 15.2 Å². The number of ether oxygens (including phenoxy) is 2. The minimum atomic E-state index is -0.732. The fourth-order valence-electron chi connectivity index (χ4n) is 3.86. The van der Waals surface area contributed by atoms with E-state index in [-0.39, 0.29) is 6.09 Å². The first-order valence-electron chi connectivity index (χ1n) is 12.9. The third kappa shape index (κ3) is 9.82. The van der Waals surface area contributed by atoms with Gasteiger partial charge in [-0.3, -0.25) is 0 Å². The number of nitrogens with zero attached hydrogens (tertiary/aromatic N) is 3. The number of likely N-dealkylation sites (tertiary alicyclic amines) is 1. The predicted molar refractivity (Wildman–Crippen MR) is 147 cm³/mol. The third-order valence-corrected chi connectivity index (χ3v) is 5.93. The third-order valence-electron chi connectivity index (χ3n) is 5.93. The largest absolute Gasteiger partial charge is 0.458 e. The van der Waals surface area contributed by atoms with E-state index in [2.05, 4.69) is 35.6 Å². The summed E-state index contributed by atoms with van der Waals surface area (Å²) in [5.74, 6) is 0.879. The van der Waals surface area contributed by atoms with Crippen LogP contribution in [-0.4, -0.2) is 65.5 Å². The van der Waals surface area contributed by atoms with Gasteiger partial charge in [-0.25, -0.2) is 14.6 Å². The van der Waals surface area contributed by atoms with Gasteiger partial charge >= 0.3 is 12.1 Å². The van der Waals surface area contributed by atoms with Crippen molar-refractivity contribution < 1.29 is 19.1 Å². The van der Waals surface area contributed by atoms with Crippen LogP contribution in [0.3, 0.4) is 0 Å². The van der Waals surface area contributed by atoms with Crippen molar-refractivity contribution in [3.63, 3.8) is 0 Å². The summed E-state index contributed by atoms with van der Waals surface area (Å²) >= 11 is 0. The van der Waals surface area contributed by atoms with Gasteiger partial charge in [0.2, 0.25) is 0 Å². The molecule has 1 aromatic carbocycles. The maximum atomic E-state index is 13.0. The van der Waals surface area contributed by atoms with Crippen LogP contribution in [0.2, 0.25) is 0 Å². The summed E-state index contributed by atoms with van der Waals surface area (Å²) in [4.78, 5) is 33.5. The lowest BCUT2D eigenvalue weighted by molar-refractivity contribution is -0.157. The van der Waals surface area contributed by atoms with Crippen LogP contribution in [0.5, 0.6) is 5.75 Å². The van der Waals surface area contributed by atoms with Crippen LogP contribution in [0.1, 0.15) is 59.9 Å². The lowest BCUT2D eigenvalue weighted by atomic mass is 10.0. The summed E-state index contributed by atoms with van der Waals surface area (Å²) in [7, 11) is 0. The van der Waals surface area contributed by atoms with Crippen LogP contribution in [0.4, 0.5) is 4.79 Å². The molecule has 1 amide bonds. The molecule has 0 unspecified atom stereocenters. The van der Waals surface area contributed by atoms with Crippen molar-refractivity contribution in [1.82, 2.24) is 15.1 Å². The van der Waals surface area contributed by atoms with Crippen molar-refractivity contribution in [3.8, 4) is 5.75 Å². The fourth-order valence-corrected chi connectivity index (χ4v) is 3.86. The Morgan fingerprint density at radius 3 is 2.32 bits per heavy atom. The van der Waals surface area contributed by atoms with Crippen molar-refractivity contribution in [2.24, 2.45) is 10.7 Å². The second-order valence-electron chi connectivity index (χ2n) is 10.1. The van der Waals surface area contributed by atoms with Crippen molar-refractivity contribution in [3.05, 3.63) is 54.0 Å². The molecule has 1 aliphatic rings. The van der Waals surface area contributed by atoms with Crippen molar-refractivity contribution >= 4 is 17.9 Å². The number of rotatable bonds is 10. The molecule has 0 radical (unpaired) electrons. The van der Waals surface area contributed by atoms with E-state index >= 15 is 0 Å². The number of hydrogen-bond donors (Lipinski definition) is 2. The van der Waals surface area contributed by atoms with Crippen molar-refractivity contribution in [2.75, 3.05) is 26.2 Å². The molecule has 9 heteroatoms. The molecule has 9 nitrogen and oxygen atoms in total. The van der Waals surface area contributed by atoms with E-state index in [9.17, 15) is 9.59 Å². The second kappa shape index (κ2) is 13.7. The summed E-state index contributed by atoms with van der Waals surface area (Å²) in [6, 6.07) is 6.37. The van der Waals surface area contributed by atoms with Crippen LogP contribution < -0.4 is 15.8 Å². The van der Waals surface area contributed by atoms with Gasteiger partial charge in [0, 0.05) is 32.6 Å². The molecule has 1 fully saturated rings. The molecule has 1 saturated heterocycles. The van der Waals surface area contributed by atoms with Crippen LogP contribution >= 0.6 is 0 Å². The Labute approximate surface area is 221 Å². The Balaban J connectivity index is 2.12. The SMILES string of the molecule is C=C(N[C@@H](Cc1ccc(OC(=O)N2CCCC2)cc1)C(=O)OC(C)(C)C)/C(N)=C\N=C(C)N(CC)CC. The highest BCUT2D eigenvalue weighted by Crippen LogP contribution is 2.18. The molecule has 3 N–H and O–H groups in total. The monoisotopic (exact) mass is 513 g/mol. The first kappa shape index (κ1) is 29.7. The van der Waals surface area contributed by atoms with Gasteiger partial charge in [0.25, 0.3) is 0 Å². The predicted octanol–water partition coefficient (Wildman–Crippen LogP) is 4.20. The zero-order chi connectivity index (χ0) is 27.6. The quantitative estimate of drug-likeness (QED) is 0.209. The van der Waals surface area contributed by atoms with E-state index in [0.717, 1.165) is 50.4 Å². The number of nitrogens with two attached hydrogens (primary N) is 1. The summed E-state index contributed by atoms with van der Waals surface area (Å²) in [5, 5.41) is 3.12. The Hall–Kier alpha value is -3.49. The molecule has 204 valence electrons. The van der Waals surface area contributed by atoms with E-state index < -0.39 is 17.6 Å². The molecule has 37 heavy (non-hydrogen) atoms. The van der Waals surface area contributed by atoms with Crippen molar-refractivity contribution in [1.29, 1.82) is 0 Å². The molecular formula is C28H43N5O4. The maximum absolute atomic E-state index is 13.0. The van der Waals surface area contributed by atoms with Gasteiger partial charge in [0.1, 0.15) is 23.2 Å². The molecule has 1 atom stereocenters. The Morgan fingerprint density at radius 1 is 1.19 bits per heavy atom. The van der Waals surface area contributed by atoms with Gasteiger partial charge in [0.05, 0.1) is 17.6 Å². The standard InChI is InChI=1S/C28H43N5O4/c1-8-32(9-2)21(4)30-19-24(29)20(3)31-25(26(34)37-28(5,6)7)18-22-12-14-23(15-13-22)36-27(35)33-16-10-11-17-33/h12-15,19,25,31H,3,8-11,16-18,29H2,1-2,4-7H3/b24-19+,30-21?/t25-/m0/s1. The Kier molecular flexibility index (Phi) is 11.0. The first-order valence-corrected chi connectivity index (χ1v) is 12.9. The molecule has 0 bridgehead atoms. The minimum absolute atomic E-state index is 0.323. The highest BCUT2D eigenvalue weighted by atomic mass is 16.6. The summed E-state index contributed by atoms with van der Waals surface area (Å²) in [5.41, 5.74) is 7.11. The van der Waals surface area contributed by atoms with Gasteiger partial charge in [-0.2, -0.15) is 0 Å². The van der Waals surface area contributed by atoms with E-state index in [0.29, 0.717) is 23.6 Å². The van der Waals surface area contributed by atoms with Crippen LogP contribution in [0.25, 0.3) is 0 Å². The van der Waals surface area contributed by atoms with Gasteiger partial charge in [0.15, 0.2) is 0 Å². The molecule has 1 aliphatic heterocycles. The summed E-state index contributed by atoms with van der Waals surface area (Å²) in [6.07, 6.45) is 3.53. The zero-order valence-electron chi connectivity index (χ0n) is 23.2. The van der Waals surface area contributed by atoms with E-state index in [1.54, 1.807) is 23.2 Å². The van der Waals surface area contributed by atoms with Gasteiger partial charge in [-0.05, 0) is 72.1 Å². The average molecular weight is 514 g/mol. The van der Waals surface area contributed by atoms with Crippen LogP contribution in [-0.2, 0) is 16.0 Å². The number of esters is 1. The molecule has 0 spiro atoms. The topological polar surface area (TPSA) is 109 Å². The van der Waals surface area contributed by atoms with Gasteiger partial charge in [-0.15, -0.1) is 0 Å². The molecule has 0 saturated carbocycles. The second-order valence-corrected chi connectivity index (χ2v) is 10.1. The smallest absolute Gasteiger partial charge is 0.415 e. The average Bonchev–Trinajstić information content (AvgIpc) is 3.38. The maximum Gasteiger partial charge on any atom is 0.415 e.